The summed E-state index contributed by atoms with van der Waals surface area (Å²) in [6, 6.07) is 22.3. The lowest BCUT2D eigenvalue weighted by Crippen LogP contribution is -2.11. The molecule has 122 valence electrons. The summed E-state index contributed by atoms with van der Waals surface area (Å²) in [5, 5.41) is 21.3. The quantitative estimate of drug-likeness (QED) is 0.542. The Morgan fingerprint density at radius 1 is 0.833 bits per heavy atom. The summed E-state index contributed by atoms with van der Waals surface area (Å²) in [7, 11) is 0. The van der Waals surface area contributed by atoms with Crippen molar-refractivity contribution in [3.05, 3.63) is 84.4 Å². The summed E-state index contributed by atoms with van der Waals surface area (Å²) < 4.78 is 0. The molecule has 3 aromatic rings. The van der Waals surface area contributed by atoms with Gasteiger partial charge in [-0.3, -0.25) is 4.79 Å². The van der Waals surface area contributed by atoms with Crippen LogP contribution in [-0.4, -0.2) is 16.1 Å². The van der Waals surface area contributed by atoms with Gasteiger partial charge in [0.05, 0.1) is 5.56 Å². The lowest BCUT2D eigenvalue weighted by molar-refractivity contribution is 0.102. The van der Waals surface area contributed by atoms with Crippen LogP contribution in [0, 0.1) is 0 Å². The summed E-state index contributed by atoms with van der Waals surface area (Å²) in [4.78, 5) is 11.8. The minimum Gasteiger partial charge on any atom is -0.508 e. The first-order valence-corrected chi connectivity index (χ1v) is 7.25. The molecule has 0 aliphatic carbocycles. The predicted molar refractivity (Wildman–Crippen MR) is 95.0 cm³/mol. The third kappa shape index (κ3) is 5.06. The van der Waals surface area contributed by atoms with E-state index in [1.165, 1.54) is 12.1 Å². The molecule has 0 radical (unpaired) electrons. The number of rotatable bonds is 2. The summed E-state index contributed by atoms with van der Waals surface area (Å²) in [5.74, 6) is -0.758. The Balaban J connectivity index is 0.000000249. The van der Waals surface area contributed by atoms with Crippen molar-refractivity contribution in [1.29, 1.82) is 0 Å². The number of phenols is 2. The molecule has 0 fully saturated rings. The fourth-order valence-corrected chi connectivity index (χ4v) is 1.88. The smallest absolute Gasteiger partial charge is 0.259 e. The zero-order valence-electron chi connectivity index (χ0n) is 12.9. The first kappa shape index (κ1) is 16.9. The minimum absolute atomic E-state index is 0.0845. The molecule has 5 heteroatoms. The zero-order valence-corrected chi connectivity index (χ0v) is 12.9. The van der Waals surface area contributed by atoms with Crippen LogP contribution in [0.5, 0.6) is 11.5 Å². The van der Waals surface area contributed by atoms with Crippen molar-refractivity contribution in [3.63, 3.8) is 0 Å². The van der Waals surface area contributed by atoms with E-state index in [-0.39, 0.29) is 17.1 Å². The Labute approximate surface area is 140 Å². The molecule has 0 spiro atoms. The molecule has 0 aliphatic heterocycles. The topological polar surface area (TPSA) is 95.6 Å². The first-order valence-electron chi connectivity index (χ1n) is 7.25. The maximum Gasteiger partial charge on any atom is 0.259 e. The monoisotopic (exact) mass is 322 g/mol. The Morgan fingerprint density at radius 2 is 1.42 bits per heavy atom. The van der Waals surface area contributed by atoms with E-state index in [0.29, 0.717) is 5.69 Å². The third-order valence-electron chi connectivity index (χ3n) is 3.06. The fraction of sp³-hybridized carbons (Fsp3) is 0. The number of nitrogens with one attached hydrogen (secondary N) is 1. The van der Waals surface area contributed by atoms with Gasteiger partial charge in [-0.2, -0.15) is 0 Å². The van der Waals surface area contributed by atoms with E-state index in [4.69, 9.17) is 10.8 Å². The van der Waals surface area contributed by atoms with Crippen molar-refractivity contribution in [2.75, 3.05) is 11.1 Å². The van der Waals surface area contributed by atoms with E-state index in [1.807, 2.05) is 36.4 Å². The van der Waals surface area contributed by atoms with Crippen molar-refractivity contribution in [1.82, 2.24) is 0 Å². The average Bonchev–Trinajstić information content (AvgIpc) is 2.57. The Morgan fingerprint density at radius 3 is 1.92 bits per heavy atom. The van der Waals surface area contributed by atoms with Gasteiger partial charge < -0.3 is 21.3 Å². The number of carbonyl (C=O) groups is 1. The third-order valence-corrected chi connectivity index (χ3v) is 3.06. The molecule has 0 aromatic heterocycles. The van der Waals surface area contributed by atoms with E-state index < -0.39 is 5.91 Å². The summed E-state index contributed by atoms with van der Waals surface area (Å²) in [6.07, 6.45) is 0. The molecule has 3 rings (SSSR count). The fourth-order valence-electron chi connectivity index (χ4n) is 1.88. The second kappa shape index (κ2) is 8.24. The van der Waals surface area contributed by atoms with Crippen LogP contribution in [0.25, 0.3) is 0 Å². The number of aromatic hydroxyl groups is 2. The molecule has 0 atom stereocenters. The number of para-hydroxylation sites is 2. The second-order valence-electron chi connectivity index (χ2n) is 4.93. The number of nitrogen functional groups attached to an aromatic ring is 1. The van der Waals surface area contributed by atoms with Crippen molar-refractivity contribution in [2.24, 2.45) is 0 Å². The van der Waals surface area contributed by atoms with Crippen molar-refractivity contribution < 1.29 is 15.0 Å². The molecule has 0 unspecified atom stereocenters. The first-order chi connectivity index (χ1) is 11.6. The van der Waals surface area contributed by atoms with Crippen LogP contribution in [0.4, 0.5) is 11.4 Å². The second-order valence-corrected chi connectivity index (χ2v) is 4.93. The lowest BCUT2D eigenvalue weighted by atomic mass is 10.1. The van der Waals surface area contributed by atoms with Crippen LogP contribution < -0.4 is 11.1 Å². The zero-order chi connectivity index (χ0) is 17.4. The number of carbonyl (C=O) groups excluding carboxylic acids is 1. The minimum atomic E-state index is -0.422. The highest BCUT2D eigenvalue weighted by Crippen LogP contribution is 2.23. The maximum absolute atomic E-state index is 11.8. The van der Waals surface area contributed by atoms with Crippen LogP contribution in [0.2, 0.25) is 0 Å². The van der Waals surface area contributed by atoms with Gasteiger partial charge in [-0.1, -0.05) is 36.4 Å². The highest BCUT2D eigenvalue weighted by molar-refractivity contribution is 6.06. The number of phenolic OH excluding ortho intramolecular Hbond substituents is 2. The van der Waals surface area contributed by atoms with Gasteiger partial charge in [0, 0.05) is 17.4 Å². The van der Waals surface area contributed by atoms with E-state index >= 15 is 0 Å². The molecular weight excluding hydrogens is 304 g/mol. The number of amides is 1. The summed E-state index contributed by atoms with van der Waals surface area (Å²) >= 11 is 0. The van der Waals surface area contributed by atoms with Crippen LogP contribution in [0.3, 0.4) is 0 Å². The van der Waals surface area contributed by atoms with Gasteiger partial charge in [-0.15, -0.1) is 0 Å². The molecule has 0 heterocycles. The molecule has 5 nitrogen and oxygen atoms in total. The van der Waals surface area contributed by atoms with Gasteiger partial charge in [0.2, 0.25) is 0 Å². The van der Waals surface area contributed by atoms with Gasteiger partial charge in [0.15, 0.2) is 0 Å². The molecule has 24 heavy (non-hydrogen) atoms. The van der Waals surface area contributed by atoms with Crippen LogP contribution in [0.15, 0.2) is 78.9 Å². The van der Waals surface area contributed by atoms with E-state index in [0.717, 1.165) is 11.8 Å². The molecular formula is C19H18N2O3. The molecule has 1 amide bonds. The van der Waals surface area contributed by atoms with Crippen molar-refractivity contribution in [2.45, 2.75) is 0 Å². The van der Waals surface area contributed by atoms with E-state index in [1.54, 1.807) is 24.3 Å². The Kier molecular flexibility index (Phi) is 5.80. The average molecular weight is 322 g/mol. The molecule has 5 N–H and O–H groups in total. The molecule has 0 saturated heterocycles. The Hall–Kier alpha value is -3.47. The van der Waals surface area contributed by atoms with Gasteiger partial charge >= 0.3 is 0 Å². The molecule has 0 bridgehead atoms. The normalized spacial score (nSPS) is 9.50. The SMILES string of the molecule is Nc1ccccc1.O=C(Nc1ccccc1)c1ccc(O)cc1O. The Bertz CT molecular complexity index is 790. The summed E-state index contributed by atoms with van der Waals surface area (Å²) in [5.41, 5.74) is 6.94. The largest absolute Gasteiger partial charge is 0.508 e. The van der Waals surface area contributed by atoms with Gasteiger partial charge in [-0.05, 0) is 36.4 Å². The van der Waals surface area contributed by atoms with Crippen LogP contribution >= 0.6 is 0 Å². The van der Waals surface area contributed by atoms with Gasteiger partial charge in [-0.25, -0.2) is 0 Å². The molecule has 0 aliphatic rings. The molecule has 0 saturated carbocycles. The number of nitrogens with two attached hydrogens (primary N) is 1. The maximum atomic E-state index is 11.8. The van der Waals surface area contributed by atoms with Crippen molar-refractivity contribution in [3.8, 4) is 11.5 Å². The standard InChI is InChI=1S/C13H11NO3.C6H7N/c15-10-6-7-11(12(16)8-10)13(17)14-9-4-2-1-3-5-9;7-6-4-2-1-3-5-6/h1-8,15-16H,(H,14,17);1-5H,7H2. The predicted octanol–water partition coefficient (Wildman–Crippen LogP) is 3.62. The lowest BCUT2D eigenvalue weighted by Gasteiger charge is -2.06. The van der Waals surface area contributed by atoms with E-state index in [9.17, 15) is 9.90 Å². The highest BCUT2D eigenvalue weighted by Gasteiger charge is 2.11. The highest BCUT2D eigenvalue weighted by atomic mass is 16.3. The molecule has 3 aromatic carbocycles. The number of benzene rings is 3. The number of hydrogen-bond acceptors (Lipinski definition) is 4. The van der Waals surface area contributed by atoms with E-state index in [2.05, 4.69) is 5.32 Å². The van der Waals surface area contributed by atoms with Gasteiger partial charge in [0.25, 0.3) is 5.91 Å². The summed E-state index contributed by atoms with van der Waals surface area (Å²) in [6.45, 7) is 0. The number of anilines is 2. The van der Waals surface area contributed by atoms with Gasteiger partial charge in [0.1, 0.15) is 11.5 Å². The van der Waals surface area contributed by atoms with Crippen molar-refractivity contribution >= 4 is 17.3 Å². The van der Waals surface area contributed by atoms with Crippen LogP contribution in [-0.2, 0) is 0 Å². The number of hydrogen-bond donors (Lipinski definition) is 4. The van der Waals surface area contributed by atoms with Crippen LogP contribution in [0.1, 0.15) is 10.4 Å².